The topological polar surface area (TPSA) is 37.4 Å². The largest absolute Gasteiger partial charge is 0.301 e. The minimum Gasteiger partial charge on any atom is -0.301 e. The molecular formula is C9H17NO2S. The molecule has 0 bridgehead atoms. The fourth-order valence-electron chi connectivity index (χ4n) is 2.86. The van der Waals surface area contributed by atoms with E-state index in [1.165, 1.54) is 6.42 Å². The average Bonchev–Trinajstić information content (AvgIpc) is 2.02. The van der Waals surface area contributed by atoms with Crippen molar-refractivity contribution in [2.24, 2.45) is 0 Å². The number of hydrogen-bond acceptors (Lipinski definition) is 3. The quantitative estimate of drug-likeness (QED) is 0.628. The van der Waals surface area contributed by atoms with Crippen molar-refractivity contribution in [1.82, 2.24) is 4.90 Å². The van der Waals surface area contributed by atoms with Crippen LogP contribution in [-0.4, -0.2) is 44.0 Å². The van der Waals surface area contributed by atoms with E-state index in [2.05, 4.69) is 4.90 Å². The highest BCUT2D eigenvalue weighted by molar-refractivity contribution is 7.93. The van der Waals surface area contributed by atoms with Gasteiger partial charge in [-0.1, -0.05) is 12.8 Å². The summed E-state index contributed by atoms with van der Waals surface area (Å²) in [7, 11) is 1.29. The molecular weight excluding hydrogens is 186 g/mol. The van der Waals surface area contributed by atoms with Crippen LogP contribution in [-0.2, 0) is 9.84 Å². The summed E-state index contributed by atoms with van der Waals surface area (Å²) in [4.78, 5) is 2.12. The summed E-state index contributed by atoms with van der Waals surface area (Å²) in [6.45, 7) is 0. The maximum absolute atomic E-state index is 11.5. The number of fused-ring (bicyclic) bond motifs is 1. The van der Waals surface area contributed by atoms with Crippen molar-refractivity contribution < 1.29 is 8.42 Å². The summed E-state index contributed by atoms with van der Waals surface area (Å²) < 4.78 is 23.1. The van der Waals surface area contributed by atoms with Crippen LogP contribution in [0.4, 0.5) is 0 Å². The molecule has 0 aromatic carbocycles. The lowest BCUT2D eigenvalue weighted by Crippen LogP contribution is -2.70. The van der Waals surface area contributed by atoms with Gasteiger partial charge < -0.3 is 4.90 Å². The van der Waals surface area contributed by atoms with E-state index in [1.54, 1.807) is 0 Å². The molecule has 0 unspecified atom stereocenters. The number of sulfone groups is 1. The monoisotopic (exact) mass is 203 g/mol. The number of rotatable bonds is 1. The van der Waals surface area contributed by atoms with Crippen molar-refractivity contribution in [2.45, 2.75) is 36.5 Å². The van der Waals surface area contributed by atoms with Crippen LogP contribution in [0.1, 0.15) is 25.7 Å². The molecule has 2 fully saturated rings. The second-order valence-corrected chi connectivity index (χ2v) is 6.72. The molecule has 1 aliphatic carbocycles. The molecule has 0 N–H and O–H groups in total. The first-order valence-electron chi connectivity index (χ1n) is 4.88. The Hall–Kier alpha value is -0.0900. The molecule has 0 amide bonds. The van der Waals surface area contributed by atoms with Gasteiger partial charge in [0.15, 0.2) is 9.84 Å². The molecule has 4 heteroatoms. The standard InChI is InChI=1S/C9H17NO2S/c1-10(2)9-6-4-3-5-8(9)13(11,12)7-9/h8H,3-7H2,1-2H3/t8-,9-/m0/s1. The third-order valence-corrected chi connectivity index (χ3v) is 6.14. The van der Waals surface area contributed by atoms with E-state index < -0.39 is 9.84 Å². The molecule has 2 atom stereocenters. The normalized spacial score (nSPS) is 42.5. The molecule has 0 spiro atoms. The Morgan fingerprint density at radius 3 is 2.46 bits per heavy atom. The van der Waals surface area contributed by atoms with Crippen LogP contribution in [0.15, 0.2) is 0 Å². The van der Waals surface area contributed by atoms with Gasteiger partial charge in [0.25, 0.3) is 0 Å². The molecule has 1 saturated heterocycles. The molecule has 0 aromatic rings. The maximum atomic E-state index is 11.5. The van der Waals surface area contributed by atoms with Gasteiger partial charge in [-0.2, -0.15) is 0 Å². The van der Waals surface area contributed by atoms with Crippen LogP contribution >= 0.6 is 0 Å². The van der Waals surface area contributed by atoms with E-state index in [-0.39, 0.29) is 10.8 Å². The SMILES string of the molecule is CN(C)[C@]12CCCC[C@@H]1S(=O)(=O)C2. The molecule has 13 heavy (non-hydrogen) atoms. The molecule has 76 valence electrons. The first-order chi connectivity index (χ1) is 5.99. The van der Waals surface area contributed by atoms with Gasteiger partial charge in [-0.3, -0.25) is 0 Å². The molecule has 1 saturated carbocycles. The fraction of sp³-hybridized carbons (Fsp3) is 1.00. The molecule has 0 aromatic heterocycles. The third kappa shape index (κ3) is 1.15. The van der Waals surface area contributed by atoms with Gasteiger partial charge in [0.1, 0.15) is 0 Å². The van der Waals surface area contributed by atoms with Gasteiger partial charge >= 0.3 is 0 Å². The van der Waals surface area contributed by atoms with Crippen molar-refractivity contribution in [3.8, 4) is 0 Å². The molecule has 3 nitrogen and oxygen atoms in total. The maximum Gasteiger partial charge on any atom is 0.156 e. The van der Waals surface area contributed by atoms with Crippen molar-refractivity contribution in [3.05, 3.63) is 0 Å². The predicted molar refractivity (Wildman–Crippen MR) is 52.5 cm³/mol. The van der Waals surface area contributed by atoms with Gasteiger partial charge in [0.2, 0.25) is 0 Å². The van der Waals surface area contributed by atoms with E-state index >= 15 is 0 Å². The minimum atomic E-state index is -2.73. The van der Waals surface area contributed by atoms with Gasteiger partial charge in [0.05, 0.1) is 16.5 Å². The number of nitrogens with zero attached hydrogens (tertiary/aromatic N) is 1. The first kappa shape index (κ1) is 9.46. The Kier molecular flexibility index (Phi) is 1.97. The van der Waals surface area contributed by atoms with Gasteiger partial charge in [0, 0.05) is 0 Å². The second-order valence-electron chi connectivity index (χ2n) is 4.54. The van der Waals surface area contributed by atoms with Crippen LogP contribution in [0.3, 0.4) is 0 Å². The van der Waals surface area contributed by atoms with Crippen molar-refractivity contribution >= 4 is 9.84 Å². The van der Waals surface area contributed by atoms with Crippen LogP contribution < -0.4 is 0 Å². The van der Waals surface area contributed by atoms with Gasteiger partial charge in [-0.25, -0.2) is 8.42 Å². The molecule has 0 radical (unpaired) electrons. The van der Waals surface area contributed by atoms with Crippen LogP contribution in [0, 0.1) is 0 Å². The van der Waals surface area contributed by atoms with Gasteiger partial charge in [-0.05, 0) is 26.9 Å². The average molecular weight is 203 g/mol. The highest BCUT2D eigenvalue weighted by Gasteiger charge is 2.59. The lowest BCUT2D eigenvalue weighted by atomic mass is 9.80. The summed E-state index contributed by atoms with van der Waals surface area (Å²) in [6, 6.07) is 0. The zero-order chi connectivity index (χ0) is 9.69. The zero-order valence-corrected chi connectivity index (χ0v) is 9.10. The van der Waals surface area contributed by atoms with E-state index in [0.29, 0.717) is 5.75 Å². The van der Waals surface area contributed by atoms with E-state index in [4.69, 9.17) is 0 Å². The highest BCUT2D eigenvalue weighted by Crippen LogP contribution is 2.46. The zero-order valence-electron chi connectivity index (χ0n) is 8.28. The third-order valence-electron chi connectivity index (χ3n) is 3.70. The summed E-state index contributed by atoms with van der Waals surface area (Å²) in [5.74, 6) is 0.387. The van der Waals surface area contributed by atoms with E-state index in [0.717, 1.165) is 19.3 Å². The van der Waals surface area contributed by atoms with Crippen LogP contribution in [0.25, 0.3) is 0 Å². The van der Waals surface area contributed by atoms with E-state index in [9.17, 15) is 8.42 Å². The smallest absolute Gasteiger partial charge is 0.156 e. The van der Waals surface area contributed by atoms with Crippen LogP contribution in [0.2, 0.25) is 0 Å². The molecule has 2 aliphatic rings. The second kappa shape index (κ2) is 2.70. The molecule has 2 rings (SSSR count). The van der Waals surface area contributed by atoms with E-state index in [1.807, 2.05) is 14.1 Å². The van der Waals surface area contributed by atoms with Crippen molar-refractivity contribution in [3.63, 3.8) is 0 Å². The number of hydrogen-bond donors (Lipinski definition) is 0. The summed E-state index contributed by atoms with van der Waals surface area (Å²) in [6.07, 6.45) is 4.20. The Balaban J connectivity index is 2.29. The Morgan fingerprint density at radius 2 is 2.00 bits per heavy atom. The summed E-state index contributed by atoms with van der Waals surface area (Å²) in [5.41, 5.74) is -0.00289. The van der Waals surface area contributed by atoms with Crippen molar-refractivity contribution in [1.29, 1.82) is 0 Å². The Labute approximate surface area is 80.0 Å². The Bertz CT molecular complexity index is 310. The Morgan fingerprint density at radius 1 is 1.31 bits per heavy atom. The highest BCUT2D eigenvalue weighted by atomic mass is 32.2. The van der Waals surface area contributed by atoms with Crippen molar-refractivity contribution in [2.75, 3.05) is 19.8 Å². The lowest BCUT2D eigenvalue weighted by Gasteiger charge is -2.55. The summed E-state index contributed by atoms with van der Waals surface area (Å²) >= 11 is 0. The predicted octanol–water partition coefficient (Wildman–Crippen LogP) is 0.658. The molecule has 1 heterocycles. The fourth-order valence-corrected chi connectivity index (χ4v) is 5.67. The summed E-state index contributed by atoms with van der Waals surface area (Å²) in [5, 5.41) is -0.0660. The van der Waals surface area contributed by atoms with Crippen LogP contribution in [0.5, 0.6) is 0 Å². The lowest BCUT2D eigenvalue weighted by molar-refractivity contribution is 0.105. The van der Waals surface area contributed by atoms with Gasteiger partial charge in [-0.15, -0.1) is 0 Å². The first-order valence-corrected chi connectivity index (χ1v) is 6.60. The molecule has 1 aliphatic heterocycles. The minimum absolute atomic E-state index is 0.00289.